The number of amides is 2. The number of nitrogens with one attached hydrogen (secondary N) is 1. The third-order valence-electron chi connectivity index (χ3n) is 2.71. The van der Waals surface area contributed by atoms with Gasteiger partial charge in [-0.3, -0.25) is 14.9 Å². The summed E-state index contributed by atoms with van der Waals surface area (Å²) in [6.45, 7) is 4.26. The molecule has 1 aromatic carbocycles. The van der Waals surface area contributed by atoms with E-state index in [1.54, 1.807) is 0 Å². The Bertz CT molecular complexity index is 418. The van der Waals surface area contributed by atoms with Gasteiger partial charge in [0, 0.05) is 0 Å². The Morgan fingerprint density at radius 1 is 1.06 bits per heavy atom. The molecule has 2 amide bonds. The molecule has 0 saturated carbocycles. The molecular weight excluding hydrogens is 204 g/mol. The maximum Gasteiger partial charge on any atom is 0.247 e. The molecule has 0 bridgehead atoms. The molecule has 0 atom stereocenters. The molecule has 4 heteroatoms. The van der Waals surface area contributed by atoms with Crippen molar-refractivity contribution in [1.29, 1.82) is 0 Å². The number of nitrogens with zero attached hydrogens (tertiary/aromatic N) is 1. The fourth-order valence-corrected chi connectivity index (χ4v) is 1.98. The van der Waals surface area contributed by atoms with E-state index >= 15 is 0 Å². The lowest BCUT2D eigenvalue weighted by Gasteiger charge is -2.28. The summed E-state index contributed by atoms with van der Waals surface area (Å²) in [5.74, 6) is -0.373. The van der Waals surface area contributed by atoms with E-state index in [1.807, 2.05) is 32.0 Å². The first-order valence-electron chi connectivity index (χ1n) is 5.24. The molecule has 0 spiro atoms. The minimum absolute atomic E-state index is 0.186. The summed E-state index contributed by atoms with van der Waals surface area (Å²) in [6.07, 6.45) is 0. The van der Waals surface area contributed by atoms with Crippen molar-refractivity contribution in [2.24, 2.45) is 0 Å². The molecule has 0 aliphatic carbocycles. The number of imide groups is 1. The minimum Gasteiger partial charge on any atom is -0.300 e. The molecule has 1 aliphatic heterocycles. The highest BCUT2D eigenvalue weighted by Gasteiger charge is 2.28. The van der Waals surface area contributed by atoms with Crippen LogP contribution in [0.5, 0.6) is 0 Å². The van der Waals surface area contributed by atoms with Crippen LogP contribution in [-0.4, -0.2) is 24.9 Å². The molecular formula is C12H14N2O2. The SMILES string of the molecule is Cc1cccc(C)c1N1C(=O)CNCC1=O. The molecule has 1 heterocycles. The van der Waals surface area contributed by atoms with Gasteiger partial charge < -0.3 is 0 Å². The lowest BCUT2D eigenvalue weighted by molar-refractivity contribution is -0.127. The Morgan fingerprint density at radius 2 is 1.56 bits per heavy atom. The van der Waals surface area contributed by atoms with Crippen LogP contribution in [0.4, 0.5) is 5.69 Å². The van der Waals surface area contributed by atoms with Gasteiger partial charge in [-0.1, -0.05) is 18.2 Å². The van der Waals surface area contributed by atoms with Crippen molar-refractivity contribution in [1.82, 2.24) is 5.32 Å². The molecule has 4 nitrogen and oxygen atoms in total. The topological polar surface area (TPSA) is 49.4 Å². The van der Waals surface area contributed by atoms with Crippen LogP contribution in [0.15, 0.2) is 18.2 Å². The van der Waals surface area contributed by atoms with Gasteiger partial charge in [-0.2, -0.15) is 0 Å². The number of rotatable bonds is 1. The van der Waals surface area contributed by atoms with E-state index in [0.717, 1.165) is 16.8 Å². The number of anilines is 1. The second kappa shape index (κ2) is 4.06. The summed E-state index contributed by atoms with van der Waals surface area (Å²) in [5.41, 5.74) is 2.63. The number of benzene rings is 1. The van der Waals surface area contributed by atoms with Crippen LogP contribution in [0.1, 0.15) is 11.1 Å². The standard InChI is InChI=1S/C12H14N2O2/c1-8-4-3-5-9(2)12(8)14-10(15)6-13-7-11(14)16/h3-5,13H,6-7H2,1-2H3. The van der Waals surface area contributed by atoms with Crippen LogP contribution < -0.4 is 10.2 Å². The first-order valence-corrected chi connectivity index (χ1v) is 5.24. The van der Waals surface area contributed by atoms with E-state index in [0.29, 0.717) is 0 Å². The van der Waals surface area contributed by atoms with Gasteiger partial charge >= 0.3 is 0 Å². The summed E-state index contributed by atoms with van der Waals surface area (Å²) >= 11 is 0. The highest BCUT2D eigenvalue weighted by atomic mass is 16.2. The first-order chi connectivity index (χ1) is 7.61. The highest BCUT2D eigenvalue weighted by molar-refractivity contribution is 6.18. The number of para-hydroxylation sites is 1. The summed E-state index contributed by atoms with van der Waals surface area (Å²) in [5, 5.41) is 2.78. The fourth-order valence-electron chi connectivity index (χ4n) is 1.98. The molecule has 0 radical (unpaired) electrons. The number of piperazine rings is 1. The second-order valence-corrected chi connectivity index (χ2v) is 3.97. The van der Waals surface area contributed by atoms with Crippen molar-refractivity contribution < 1.29 is 9.59 Å². The lowest BCUT2D eigenvalue weighted by atomic mass is 10.1. The number of carbonyl (C=O) groups excluding carboxylic acids is 2. The van der Waals surface area contributed by atoms with E-state index in [1.165, 1.54) is 4.90 Å². The van der Waals surface area contributed by atoms with Crippen LogP contribution in [0, 0.1) is 13.8 Å². The predicted octanol–water partition coefficient (Wildman–Crippen LogP) is 0.766. The Morgan fingerprint density at radius 3 is 2.06 bits per heavy atom. The molecule has 1 N–H and O–H groups in total. The van der Waals surface area contributed by atoms with Crippen molar-refractivity contribution in [2.75, 3.05) is 18.0 Å². The third kappa shape index (κ3) is 1.72. The normalized spacial score (nSPS) is 16.8. The van der Waals surface area contributed by atoms with Gasteiger partial charge in [-0.15, -0.1) is 0 Å². The van der Waals surface area contributed by atoms with Crippen LogP contribution in [0.3, 0.4) is 0 Å². The smallest absolute Gasteiger partial charge is 0.247 e. The predicted molar refractivity (Wildman–Crippen MR) is 61.3 cm³/mol. The quantitative estimate of drug-likeness (QED) is 0.708. The zero-order chi connectivity index (χ0) is 11.7. The van der Waals surface area contributed by atoms with Gasteiger partial charge in [0.15, 0.2) is 0 Å². The van der Waals surface area contributed by atoms with Gasteiger partial charge in [0.1, 0.15) is 0 Å². The van der Waals surface area contributed by atoms with Gasteiger partial charge in [-0.25, -0.2) is 4.90 Å². The van der Waals surface area contributed by atoms with Crippen molar-refractivity contribution in [3.8, 4) is 0 Å². The molecule has 1 aliphatic rings. The first kappa shape index (κ1) is 10.8. The third-order valence-corrected chi connectivity index (χ3v) is 2.71. The monoisotopic (exact) mass is 218 g/mol. The van der Waals surface area contributed by atoms with Gasteiger partial charge in [0.2, 0.25) is 11.8 Å². The second-order valence-electron chi connectivity index (χ2n) is 3.97. The molecule has 1 aromatic rings. The highest BCUT2D eigenvalue weighted by Crippen LogP contribution is 2.25. The minimum atomic E-state index is -0.186. The number of aryl methyl sites for hydroxylation is 2. The maximum absolute atomic E-state index is 11.8. The van der Waals surface area contributed by atoms with Gasteiger partial charge in [-0.05, 0) is 25.0 Å². The van der Waals surface area contributed by atoms with Crippen LogP contribution in [0.25, 0.3) is 0 Å². The molecule has 1 saturated heterocycles. The van der Waals surface area contributed by atoms with E-state index < -0.39 is 0 Å². The van der Waals surface area contributed by atoms with E-state index in [9.17, 15) is 9.59 Å². The van der Waals surface area contributed by atoms with Crippen molar-refractivity contribution >= 4 is 17.5 Å². The van der Waals surface area contributed by atoms with Gasteiger partial charge in [0.05, 0.1) is 18.8 Å². The molecule has 0 aromatic heterocycles. The Kier molecular flexibility index (Phi) is 2.75. The Labute approximate surface area is 94.2 Å². The van der Waals surface area contributed by atoms with Crippen LogP contribution in [-0.2, 0) is 9.59 Å². The lowest BCUT2D eigenvalue weighted by Crippen LogP contribution is -2.52. The average Bonchev–Trinajstić information content (AvgIpc) is 2.21. The van der Waals surface area contributed by atoms with Gasteiger partial charge in [0.25, 0.3) is 0 Å². The van der Waals surface area contributed by atoms with Crippen LogP contribution in [0.2, 0.25) is 0 Å². The van der Waals surface area contributed by atoms with Crippen molar-refractivity contribution in [3.05, 3.63) is 29.3 Å². The summed E-state index contributed by atoms with van der Waals surface area (Å²) in [7, 11) is 0. The van der Waals surface area contributed by atoms with Crippen LogP contribution >= 0.6 is 0 Å². The summed E-state index contributed by atoms with van der Waals surface area (Å²) in [4.78, 5) is 24.8. The molecule has 0 unspecified atom stereocenters. The molecule has 16 heavy (non-hydrogen) atoms. The largest absolute Gasteiger partial charge is 0.300 e. The number of hydrogen-bond acceptors (Lipinski definition) is 3. The Hall–Kier alpha value is -1.68. The van der Waals surface area contributed by atoms with E-state index in [-0.39, 0.29) is 24.9 Å². The Balaban J connectivity index is 2.49. The fraction of sp³-hybridized carbons (Fsp3) is 0.333. The zero-order valence-corrected chi connectivity index (χ0v) is 9.41. The summed E-state index contributed by atoms with van der Waals surface area (Å²) in [6, 6.07) is 5.74. The average molecular weight is 218 g/mol. The summed E-state index contributed by atoms with van der Waals surface area (Å²) < 4.78 is 0. The number of hydrogen-bond donors (Lipinski definition) is 1. The molecule has 84 valence electrons. The van der Waals surface area contributed by atoms with Crippen molar-refractivity contribution in [3.63, 3.8) is 0 Å². The number of carbonyl (C=O) groups is 2. The van der Waals surface area contributed by atoms with E-state index in [4.69, 9.17) is 0 Å². The molecule has 2 rings (SSSR count). The zero-order valence-electron chi connectivity index (χ0n) is 9.41. The van der Waals surface area contributed by atoms with Crippen molar-refractivity contribution in [2.45, 2.75) is 13.8 Å². The van der Waals surface area contributed by atoms with E-state index in [2.05, 4.69) is 5.32 Å². The molecule has 1 fully saturated rings. The maximum atomic E-state index is 11.8.